The van der Waals surface area contributed by atoms with E-state index in [-0.39, 0.29) is 11.7 Å². The molecule has 1 aromatic carbocycles. The van der Waals surface area contributed by atoms with Gasteiger partial charge in [-0.2, -0.15) is 0 Å². The van der Waals surface area contributed by atoms with Crippen molar-refractivity contribution in [2.45, 2.75) is 58.2 Å². The first kappa shape index (κ1) is 21.3. The van der Waals surface area contributed by atoms with E-state index < -0.39 is 0 Å². The molecule has 2 aliphatic heterocycles. The molecule has 2 saturated heterocycles. The first-order valence-corrected chi connectivity index (χ1v) is 11.6. The molecule has 0 radical (unpaired) electrons. The normalized spacial score (nSPS) is 26.5. The predicted octanol–water partition coefficient (Wildman–Crippen LogP) is 2.48. The molecule has 6 nitrogen and oxygen atoms in total. The lowest BCUT2D eigenvalue weighted by molar-refractivity contribution is -0.135. The SMILES string of the molecule is CC(=O)c1ccc(N2C[C@H](C)N(CC(=O)N3CCN(C4CCC4)CC3)C[C@H]2C)cc1. The van der Waals surface area contributed by atoms with Gasteiger partial charge in [0, 0.05) is 68.6 Å². The standard InChI is InChI=1S/C24H36N4O2/c1-18-16-28(23-9-7-21(8-10-23)20(3)29)19(2)15-27(18)17-24(30)26-13-11-25(12-14-26)22-5-4-6-22/h7-10,18-19,22H,4-6,11-17H2,1-3H3/t18-,19+/m0/s1. The van der Waals surface area contributed by atoms with E-state index in [4.69, 9.17) is 0 Å². The Balaban J connectivity index is 1.30. The lowest BCUT2D eigenvalue weighted by Gasteiger charge is -2.46. The molecule has 4 rings (SSSR count). The third-order valence-electron chi connectivity index (χ3n) is 7.32. The molecule has 3 aliphatic rings. The number of carbonyl (C=O) groups is 2. The lowest BCUT2D eigenvalue weighted by atomic mass is 9.91. The highest BCUT2D eigenvalue weighted by atomic mass is 16.2. The smallest absolute Gasteiger partial charge is 0.236 e. The number of amides is 1. The number of ketones is 1. The van der Waals surface area contributed by atoms with E-state index in [0.717, 1.165) is 56.6 Å². The van der Waals surface area contributed by atoms with Crippen molar-refractivity contribution in [2.24, 2.45) is 0 Å². The van der Waals surface area contributed by atoms with Crippen LogP contribution in [0.3, 0.4) is 0 Å². The Morgan fingerprint density at radius 2 is 1.60 bits per heavy atom. The van der Waals surface area contributed by atoms with Gasteiger partial charge in [-0.15, -0.1) is 0 Å². The highest BCUT2D eigenvalue weighted by molar-refractivity contribution is 5.94. The number of rotatable bonds is 5. The van der Waals surface area contributed by atoms with Gasteiger partial charge >= 0.3 is 0 Å². The summed E-state index contributed by atoms with van der Waals surface area (Å²) >= 11 is 0. The van der Waals surface area contributed by atoms with Crippen LogP contribution in [0.2, 0.25) is 0 Å². The van der Waals surface area contributed by atoms with Crippen LogP contribution in [0.25, 0.3) is 0 Å². The van der Waals surface area contributed by atoms with Crippen molar-refractivity contribution in [2.75, 3.05) is 50.7 Å². The molecule has 1 aliphatic carbocycles. The monoisotopic (exact) mass is 412 g/mol. The molecule has 6 heteroatoms. The number of anilines is 1. The molecule has 30 heavy (non-hydrogen) atoms. The second-order valence-electron chi connectivity index (χ2n) is 9.38. The molecule has 164 valence electrons. The Morgan fingerprint density at radius 3 is 2.17 bits per heavy atom. The van der Waals surface area contributed by atoms with Crippen LogP contribution in [0.15, 0.2) is 24.3 Å². The minimum atomic E-state index is 0.0971. The van der Waals surface area contributed by atoms with Gasteiger partial charge in [0.2, 0.25) is 5.91 Å². The second-order valence-corrected chi connectivity index (χ2v) is 9.38. The highest BCUT2D eigenvalue weighted by Gasteiger charge is 2.33. The Morgan fingerprint density at radius 1 is 0.933 bits per heavy atom. The Bertz CT molecular complexity index is 753. The Hall–Kier alpha value is -1.92. The molecule has 0 unspecified atom stereocenters. The van der Waals surface area contributed by atoms with Crippen LogP contribution in [-0.4, -0.2) is 90.3 Å². The zero-order valence-corrected chi connectivity index (χ0v) is 18.7. The summed E-state index contributed by atoms with van der Waals surface area (Å²) in [6.07, 6.45) is 4.04. The van der Waals surface area contributed by atoms with Crippen molar-refractivity contribution in [3.05, 3.63) is 29.8 Å². The third kappa shape index (κ3) is 4.54. The summed E-state index contributed by atoms with van der Waals surface area (Å²) in [5.74, 6) is 0.376. The number of piperazine rings is 2. The van der Waals surface area contributed by atoms with Crippen LogP contribution in [0.5, 0.6) is 0 Å². The van der Waals surface area contributed by atoms with Crippen LogP contribution >= 0.6 is 0 Å². The van der Waals surface area contributed by atoms with E-state index in [1.807, 2.05) is 24.3 Å². The number of Topliss-reactive ketones (excluding diaryl/α,β-unsaturated/α-hetero) is 1. The van der Waals surface area contributed by atoms with Crippen LogP contribution in [0.4, 0.5) is 5.69 Å². The maximum atomic E-state index is 13.0. The van der Waals surface area contributed by atoms with Crippen molar-refractivity contribution in [1.82, 2.24) is 14.7 Å². The number of hydrogen-bond acceptors (Lipinski definition) is 5. The minimum Gasteiger partial charge on any atom is -0.366 e. The molecule has 1 amide bonds. The fraction of sp³-hybridized carbons (Fsp3) is 0.667. The van der Waals surface area contributed by atoms with Gasteiger partial charge in [0.15, 0.2) is 5.78 Å². The molecule has 3 fully saturated rings. The molecule has 0 bridgehead atoms. The van der Waals surface area contributed by atoms with Gasteiger partial charge in [-0.3, -0.25) is 19.4 Å². The summed E-state index contributed by atoms with van der Waals surface area (Å²) in [6.45, 7) is 12.1. The second kappa shape index (κ2) is 9.06. The van der Waals surface area contributed by atoms with Gasteiger partial charge in [0.1, 0.15) is 0 Å². The van der Waals surface area contributed by atoms with Crippen molar-refractivity contribution in [1.29, 1.82) is 0 Å². The van der Waals surface area contributed by atoms with Crippen molar-refractivity contribution >= 4 is 17.4 Å². The van der Waals surface area contributed by atoms with Crippen LogP contribution in [0, 0.1) is 0 Å². The molecule has 1 aromatic rings. The quantitative estimate of drug-likeness (QED) is 0.696. The molecular weight excluding hydrogens is 376 g/mol. The van der Waals surface area contributed by atoms with Crippen LogP contribution in [0.1, 0.15) is 50.4 Å². The van der Waals surface area contributed by atoms with E-state index in [0.29, 0.717) is 18.6 Å². The molecule has 0 N–H and O–H groups in total. The maximum Gasteiger partial charge on any atom is 0.236 e. The van der Waals surface area contributed by atoms with E-state index >= 15 is 0 Å². The topological polar surface area (TPSA) is 47.1 Å². The fourth-order valence-electron chi connectivity index (χ4n) is 5.03. The zero-order chi connectivity index (χ0) is 21.3. The number of hydrogen-bond donors (Lipinski definition) is 0. The van der Waals surface area contributed by atoms with Gasteiger partial charge in [-0.25, -0.2) is 0 Å². The molecular formula is C24H36N4O2. The van der Waals surface area contributed by atoms with Crippen molar-refractivity contribution in [3.63, 3.8) is 0 Å². The number of nitrogens with zero attached hydrogens (tertiary/aromatic N) is 4. The van der Waals surface area contributed by atoms with E-state index in [1.54, 1.807) is 6.92 Å². The molecule has 1 saturated carbocycles. The summed E-state index contributed by atoms with van der Waals surface area (Å²) in [5.41, 5.74) is 1.90. The summed E-state index contributed by atoms with van der Waals surface area (Å²) in [7, 11) is 0. The van der Waals surface area contributed by atoms with Crippen LogP contribution < -0.4 is 4.90 Å². The highest BCUT2D eigenvalue weighted by Crippen LogP contribution is 2.26. The molecule has 2 atom stereocenters. The Kier molecular flexibility index (Phi) is 6.44. The third-order valence-corrected chi connectivity index (χ3v) is 7.32. The summed E-state index contributed by atoms with van der Waals surface area (Å²) in [5, 5.41) is 0. The fourth-order valence-corrected chi connectivity index (χ4v) is 5.03. The van der Waals surface area contributed by atoms with E-state index in [9.17, 15) is 9.59 Å². The van der Waals surface area contributed by atoms with E-state index in [2.05, 4.69) is 33.4 Å². The minimum absolute atomic E-state index is 0.0971. The average Bonchev–Trinajstić information content (AvgIpc) is 2.70. The molecule has 0 spiro atoms. The Labute approximate surface area is 180 Å². The maximum absolute atomic E-state index is 13.0. The summed E-state index contributed by atoms with van der Waals surface area (Å²) in [6, 6.07) is 9.33. The summed E-state index contributed by atoms with van der Waals surface area (Å²) in [4.78, 5) is 33.9. The number of benzene rings is 1. The first-order valence-electron chi connectivity index (χ1n) is 11.6. The first-order chi connectivity index (χ1) is 14.4. The lowest BCUT2D eigenvalue weighted by Crippen LogP contribution is -2.60. The van der Waals surface area contributed by atoms with Crippen molar-refractivity contribution < 1.29 is 9.59 Å². The van der Waals surface area contributed by atoms with E-state index in [1.165, 1.54) is 19.3 Å². The zero-order valence-electron chi connectivity index (χ0n) is 18.7. The van der Waals surface area contributed by atoms with Crippen molar-refractivity contribution in [3.8, 4) is 0 Å². The van der Waals surface area contributed by atoms with Gasteiger partial charge in [0.05, 0.1) is 6.54 Å². The summed E-state index contributed by atoms with van der Waals surface area (Å²) < 4.78 is 0. The predicted molar refractivity (Wildman–Crippen MR) is 120 cm³/mol. The average molecular weight is 413 g/mol. The molecule has 2 heterocycles. The van der Waals surface area contributed by atoms with Gasteiger partial charge in [0.25, 0.3) is 0 Å². The largest absolute Gasteiger partial charge is 0.366 e. The number of carbonyl (C=O) groups excluding carboxylic acids is 2. The molecule has 0 aromatic heterocycles. The van der Waals surface area contributed by atoms with Gasteiger partial charge in [-0.05, 0) is 57.9 Å². The van der Waals surface area contributed by atoms with Crippen LogP contribution in [-0.2, 0) is 4.79 Å². The van der Waals surface area contributed by atoms with Gasteiger partial charge in [-0.1, -0.05) is 6.42 Å². The van der Waals surface area contributed by atoms with Gasteiger partial charge < -0.3 is 9.80 Å².